The largest absolute Gasteiger partial charge is 0.494 e. The number of benzene rings is 3. The summed E-state index contributed by atoms with van der Waals surface area (Å²) >= 11 is 9.26. The van der Waals surface area contributed by atoms with E-state index in [1.54, 1.807) is 66.7 Å². The second kappa shape index (κ2) is 12.0. The number of rotatable bonds is 9. The van der Waals surface area contributed by atoms with Crippen molar-refractivity contribution in [2.75, 3.05) is 13.2 Å². The van der Waals surface area contributed by atoms with Gasteiger partial charge in [0.2, 0.25) is 0 Å². The van der Waals surface area contributed by atoms with Gasteiger partial charge in [-0.05, 0) is 67.6 Å². The van der Waals surface area contributed by atoms with Crippen molar-refractivity contribution in [3.8, 4) is 17.2 Å². The van der Waals surface area contributed by atoms with Crippen LogP contribution in [-0.2, 0) is 4.79 Å². The summed E-state index contributed by atoms with van der Waals surface area (Å²) in [5.74, 6) is 0.422. The average Bonchev–Trinajstić information content (AvgIpc) is 2.80. The quantitative estimate of drug-likeness (QED) is 0.176. The highest BCUT2D eigenvalue weighted by Crippen LogP contribution is 2.23. The van der Waals surface area contributed by atoms with E-state index in [4.69, 9.17) is 25.8 Å². The number of amides is 1. The first-order valence-corrected chi connectivity index (χ1v) is 11.1. The van der Waals surface area contributed by atoms with Crippen molar-refractivity contribution >= 4 is 45.6 Å². The molecular formula is C24H20BrClN2O5. The summed E-state index contributed by atoms with van der Waals surface area (Å²) in [7, 11) is 0. The number of carbonyl (C=O) groups excluding carboxylic acids is 2. The molecule has 1 N–H and O–H groups in total. The molecule has 0 saturated carbocycles. The number of ether oxygens (including phenoxy) is 3. The van der Waals surface area contributed by atoms with E-state index in [0.29, 0.717) is 34.3 Å². The molecule has 1 amide bonds. The third-order valence-electron chi connectivity index (χ3n) is 4.13. The molecule has 33 heavy (non-hydrogen) atoms. The first kappa shape index (κ1) is 24.3. The van der Waals surface area contributed by atoms with Crippen LogP contribution in [0, 0.1) is 0 Å². The Balaban J connectivity index is 1.61. The van der Waals surface area contributed by atoms with E-state index >= 15 is 0 Å². The number of halogens is 2. The third kappa shape index (κ3) is 7.62. The molecule has 7 nitrogen and oxygen atoms in total. The molecule has 0 bridgehead atoms. The van der Waals surface area contributed by atoms with Crippen LogP contribution in [-0.4, -0.2) is 31.3 Å². The van der Waals surface area contributed by atoms with Crippen LogP contribution >= 0.6 is 27.5 Å². The molecule has 0 aliphatic carbocycles. The van der Waals surface area contributed by atoms with Gasteiger partial charge in [0.05, 0.1) is 18.4 Å². The minimum absolute atomic E-state index is 0.240. The van der Waals surface area contributed by atoms with Crippen LogP contribution in [0.2, 0.25) is 5.02 Å². The molecule has 9 heteroatoms. The van der Waals surface area contributed by atoms with Crippen LogP contribution in [0.4, 0.5) is 0 Å². The number of hydrazone groups is 1. The van der Waals surface area contributed by atoms with E-state index in [9.17, 15) is 9.59 Å². The maximum Gasteiger partial charge on any atom is 0.343 e. The smallest absolute Gasteiger partial charge is 0.343 e. The lowest BCUT2D eigenvalue weighted by atomic mass is 10.2. The van der Waals surface area contributed by atoms with Gasteiger partial charge in [0.1, 0.15) is 17.2 Å². The fourth-order valence-corrected chi connectivity index (χ4v) is 3.20. The van der Waals surface area contributed by atoms with Crippen molar-refractivity contribution in [3.05, 3.63) is 87.4 Å². The highest BCUT2D eigenvalue weighted by molar-refractivity contribution is 9.10. The maximum atomic E-state index is 12.5. The van der Waals surface area contributed by atoms with Crippen molar-refractivity contribution in [2.24, 2.45) is 5.10 Å². The maximum absolute atomic E-state index is 12.5. The molecule has 0 atom stereocenters. The second-order valence-electron chi connectivity index (χ2n) is 6.57. The van der Waals surface area contributed by atoms with Crippen LogP contribution in [0.25, 0.3) is 0 Å². The van der Waals surface area contributed by atoms with E-state index < -0.39 is 11.9 Å². The summed E-state index contributed by atoms with van der Waals surface area (Å²) in [6.07, 6.45) is 1.38. The number of nitrogens with zero attached hydrogens (tertiary/aromatic N) is 1. The number of hydrogen-bond acceptors (Lipinski definition) is 6. The van der Waals surface area contributed by atoms with Gasteiger partial charge in [-0.3, -0.25) is 4.79 Å². The predicted octanol–water partition coefficient (Wildman–Crippen LogP) is 5.25. The molecule has 3 aromatic rings. The standard InChI is InChI=1S/C24H20BrClN2O5/c1-2-31-20-9-6-16(7-10-20)24(30)33-22-11-8-18(25)12-17(22)14-27-28-23(29)15-32-21-5-3-4-19(26)13-21/h3-14H,2,15H2,1H3,(H,28,29)/b27-14-. The number of hydrogen-bond donors (Lipinski definition) is 1. The molecular weight excluding hydrogens is 512 g/mol. The Bertz CT molecular complexity index is 1150. The highest BCUT2D eigenvalue weighted by Gasteiger charge is 2.12. The normalized spacial score (nSPS) is 10.6. The monoisotopic (exact) mass is 530 g/mol. The lowest BCUT2D eigenvalue weighted by Gasteiger charge is -2.09. The lowest BCUT2D eigenvalue weighted by molar-refractivity contribution is -0.123. The van der Waals surface area contributed by atoms with E-state index in [2.05, 4.69) is 26.5 Å². The van der Waals surface area contributed by atoms with E-state index in [-0.39, 0.29) is 12.4 Å². The minimum Gasteiger partial charge on any atom is -0.494 e. The topological polar surface area (TPSA) is 86.2 Å². The molecule has 0 spiro atoms. The van der Waals surface area contributed by atoms with Crippen LogP contribution < -0.4 is 19.6 Å². The van der Waals surface area contributed by atoms with E-state index in [0.717, 1.165) is 4.47 Å². The predicted molar refractivity (Wildman–Crippen MR) is 129 cm³/mol. The fourth-order valence-electron chi connectivity index (χ4n) is 2.64. The summed E-state index contributed by atoms with van der Waals surface area (Å²) in [6.45, 7) is 2.18. The van der Waals surface area contributed by atoms with Gasteiger partial charge in [0.25, 0.3) is 5.91 Å². The van der Waals surface area contributed by atoms with Gasteiger partial charge in [-0.2, -0.15) is 5.10 Å². The van der Waals surface area contributed by atoms with Gasteiger partial charge in [-0.1, -0.05) is 33.6 Å². The van der Waals surface area contributed by atoms with Crippen molar-refractivity contribution < 1.29 is 23.8 Å². The highest BCUT2D eigenvalue weighted by atomic mass is 79.9. The van der Waals surface area contributed by atoms with Crippen LogP contribution in [0.15, 0.2) is 76.3 Å². The first-order valence-electron chi connectivity index (χ1n) is 9.89. The van der Waals surface area contributed by atoms with Crippen LogP contribution in [0.5, 0.6) is 17.2 Å². The summed E-state index contributed by atoms with van der Waals surface area (Å²) in [5.41, 5.74) is 3.23. The Morgan fingerprint density at radius 1 is 1.03 bits per heavy atom. The molecule has 3 aromatic carbocycles. The Hall–Kier alpha value is -3.36. The zero-order valence-electron chi connectivity index (χ0n) is 17.6. The Labute approximate surface area is 204 Å². The Kier molecular flexibility index (Phi) is 8.86. The molecule has 0 aliphatic rings. The van der Waals surface area contributed by atoms with Gasteiger partial charge in [0, 0.05) is 15.1 Å². The molecule has 3 rings (SSSR count). The van der Waals surface area contributed by atoms with Crippen LogP contribution in [0.3, 0.4) is 0 Å². The van der Waals surface area contributed by atoms with E-state index in [1.165, 1.54) is 6.21 Å². The molecule has 170 valence electrons. The summed E-state index contributed by atoms with van der Waals surface area (Å²) in [6, 6.07) is 18.4. The summed E-state index contributed by atoms with van der Waals surface area (Å²) < 4.78 is 17.0. The summed E-state index contributed by atoms with van der Waals surface area (Å²) in [5, 5.41) is 4.43. The Morgan fingerprint density at radius 2 is 1.82 bits per heavy atom. The lowest BCUT2D eigenvalue weighted by Crippen LogP contribution is -2.24. The molecule has 0 aromatic heterocycles. The molecule has 0 unspecified atom stereocenters. The van der Waals surface area contributed by atoms with Gasteiger partial charge in [-0.25, -0.2) is 10.2 Å². The minimum atomic E-state index is -0.533. The van der Waals surface area contributed by atoms with E-state index in [1.807, 2.05) is 6.92 Å². The van der Waals surface area contributed by atoms with Gasteiger partial charge < -0.3 is 14.2 Å². The second-order valence-corrected chi connectivity index (χ2v) is 7.92. The SMILES string of the molecule is CCOc1ccc(C(=O)Oc2ccc(Br)cc2/C=N\NC(=O)COc2cccc(Cl)c2)cc1. The molecule has 0 fully saturated rings. The van der Waals surface area contributed by atoms with Gasteiger partial charge in [0.15, 0.2) is 6.61 Å². The van der Waals surface area contributed by atoms with Crippen LogP contribution in [0.1, 0.15) is 22.8 Å². The molecule has 0 radical (unpaired) electrons. The van der Waals surface area contributed by atoms with Gasteiger partial charge in [-0.15, -0.1) is 0 Å². The molecule has 0 aliphatic heterocycles. The Morgan fingerprint density at radius 3 is 2.55 bits per heavy atom. The number of esters is 1. The van der Waals surface area contributed by atoms with Gasteiger partial charge >= 0.3 is 5.97 Å². The fraction of sp³-hybridized carbons (Fsp3) is 0.125. The third-order valence-corrected chi connectivity index (χ3v) is 4.86. The van der Waals surface area contributed by atoms with Crippen molar-refractivity contribution in [1.82, 2.24) is 5.43 Å². The first-order chi connectivity index (χ1) is 15.9. The average molecular weight is 532 g/mol. The summed E-state index contributed by atoms with van der Waals surface area (Å²) in [4.78, 5) is 24.5. The molecule has 0 saturated heterocycles. The zero-order valence-corrected chi connectivity index (χ0v) is 19.9. The zero-order chi connectivity index (χ0) is 23.6. The number of nitrogens with one attached hydrogen (secondary N) is 1. The van der Waals surface area contributed by atoms with Crippen molar-refractivity contribution in [1.29, 1.82) is 0 Å². The number of carbonyl (C=O) groups is 2. The van der Waals surface area contributed by atoms with Crippen molar-refractivity contribution in [2.45, 2.75) is 6.92 Å². The molecule has 0 heterocycles. The van der Waals surface area contributed by atoms with Crippen molar-refractivity contribution in [3.63, 3.8) is 0 Å².